The number of fused-ring (bicyclic) bond motifs is 4. The van der Waals surface area contributed by atoms with Gasteiger partial charge in [0.1, 0.15) is 6.04 Å². The van der Waals surface area contributed by atoms with Crippen molar-refractivity contribution in [3.05, 3.63) is 35.4 Å². The lowest BCUT2D eigenvalue weighted by Crippen LogP contribution is -2.38. The number of carbonyl (C=O) groups excluding carboxylic acids is 1. The number of hydrogen-bond donors (Lipinski definition) is 2. The Morgan fingerprint density at radius 2 is 1.94 bits per heavy atom. The van der Waals surface area contributed by atoms with Crippen LogP contribution in [0.3, 0.4) is 0 Å². The lowest BCUT2D eigenvalue weighted by Gasteiger charge is -2.29. The van der Waals surface area contributed by atoms with Gasteiger partial charge in [0.2, 0.25) is 0 Å². The van der Waals surface area contributed by atoms with Crippen LogP contribution in [0.4, 0.5) is 4.79 Å². The van der Waals surface area contributed by atoms with Crippen LogP contribution in [0.1, 0.15) is 23.2 Å². The van der Waals surface area contributed by atoms with Crippen LogP contribution < -0.4 is 0 Å². The monoisotopic (exact) mass is 234 g/mol. The first kappa shape index (κ1) is 10.1. The molecule has 6 heteroatoms. The van der Waals surface area contributed by atoms with Gasteiger partial charge in [-0.2, -0.15) is 5.06 Å². The molecule has 2 bridgehead atoms. The molecule has 0 spiro atoms. The second kappa shape index (κ2) is 3.21. The number of amides is 2. The van der Waals surface area contributed by atoms with Crippen molar-refractivity contribution >= 4 is 12.0 Å². The molecule has 3 rings (SSSR count). The maximum absolute atomic E-state index is 11.7. The number of hydroxylamine groups is 2. The van der Waals surface area contributed by atoms with Crippen LogP contribution in [0.2, 0.25) is 0 Å². The molecule has 17 heavy (non-hydrogen) atoms. The number of rotatable bonds is 1. The summed E-state index contributed by atoms with van der Waals surface area (Å²) in [6.45, 7) is 0.212. The van der Waals surface area contributed by atoms with Gasteiger partial charge in [-0.3, -0.25) is 5.21 Å². The predicted molar refractivity (Wildman–Crippen MR) is 55.3 cm³/mol. The Kier molecular flexibility index (Phi) is 1.90. The highest BCUT2D eigenvalue weighted by atomic mass is 16.5. The minimum absolute atomic E-state index is 0.212. The molecule has 0 aliphatic carbocycles. The number of urea groups is 1. The zero-order chi connectivity index (χ0) is 12.2. The summed E-state index contributed by atoms with van der Waals surface area (Å²) in [7, 11) is 0. The molecule has 1 aromatic carbocycles. The summed E-state index contributed by atoms with van der Waals surface area (Å²) in [5.41, 5.74) is 1.27. The molecule has 2 N–H and O–H groups in total. The largest absolute Gasteiger partial charge is 0.479 e. The second-order valence-corrected chi connectivity index (χ2v) is 4.16. The van der Waals surface area contributed by atoms with Crippen LogP contribution in [0.5, 0.6) is 0 Å². The van der Waals surface area contributed by atoms with Crippen LogP contribution >= 0.6 is 0 Å². The third-order valence-electron chi connectivity index (χ3n) is 3.30. The van der Waals surface area contributed by atoms with Crippen molar-refractivity contribution in [2.45, 2.75) is 12.1 Å². The highest BCUT2D eigenvalue weighted by molar-refractivity contribution is 5.87. The fourth-order valence-corrected chi connectivity index (χ4v) is 2.55. The number of carboxylic acids is 1. The van der Waals surface area contributed by atoms with Gasteiger partial charge in [-0.15, -0.1) is 0 Å². The smallest absolute Gasteiger partial charge is 0.345 e. The summed E-state index contributed by atoms with van der Waals surface area (Å²) in [5.74, 6) is -1.08. The standard InChI is InChI=1S/C11H10N2O4/c14-10(15)9-7-4-2-1-3-6(7)8-5-12(9)11(16)13(8)17/h1-4,8-9,17H,5H2,(H,14,15)/t8-,9?/m0/s1. The molecule has 1 unspecified atom stereocenters. The van der Waals surface area contributed by atoms with Gasteiger partial charge < -0.3 is 10.0 Å². The molecular formula is C11H10N2O4. The quantitative estimate of drug-likeness (QED) is 0.710. The van der Waals surface area contributed by atoms with E-state index in [1.807, 2.05) is 0 Å². The summed E-state index contributed by atoms with van der Waals surface area (Å²) >= 11 is 0. The summed E-state index contributed by atoms with van der Waals surface area (Å²) in [4.78, 5) is 24.1. The molecule has 0 radical (unpaired) electrons. The molecule has 1 fully saturated rings. The summed E-state index contributed by atoms with van der Waals surface area (Å²) in [6, 6.07) is 4.80. The Balaban J connectivity index is 2.21. The average molecular weight is 234 g/mol. The van der Waals surface area contributed by atoms with E-state index < -0.39 is 24.1 Å². The SMILES string of the molecule is O=C(O)C1c2ccccc2[C@@H]2CN1C(=O)N2O. The number of benzene rings is 1. The van der Waals surface area contributed by atoms with Crippen molar-refractivity contribution in [3.8, 4) is 0 Å². The average Bonchev–Trinajstić information content (AvgIpc) is 2.56. The third kappa shape index (κ3) is 1.18. The number of nitrogens with zero attached hydrogens (tertiary/aromatic N) is 2. The van der Waals surface area contributed by atoms with E-state index in [1.54, 1.807) is 24.3 Å². The van der Waals surface area contributed by atoms with Crippen LogP contribution in [-0.4, -0.2) is 38.8 Å². The maximum Gasteiger partial charge on any atom is 0.345 e. The highest BCUT2D eigenvalue weighted by Crippen LogP contribution is 2.42. The van der Waals surface area contributed by atoms with Crippen molar-refractivity contribution in [1.29, 1.82) is 0 Å². The summed E-state index contributed by atoms with van der Waals surface area (Å²) in [6.07, 6.45) is 0. The molecule has 0 aromatic heterocycles. The van der Waals surface area contributed by atoms with Crippen LogP contribution in [-0.2, 0) is 4.79 Å². The van der Waals surface area contributed by atoms with Gasteiger partial charge in [0.05, 0.1) is 6.54 Å². The molecule has 1 aromatic rings. The van der Waals surface area contributed by atoms with Gasteiger partial charge in [-0.05, 0) is 11.1 Å². The Morgan fingerprint density at radius 3 is 2.59 bits per heavy atom. The number of carboxylic acid groups (broad SMARTS) is 1. The fourth-order valence-electron chi connectivity index (χ4n) is 2.55. The molecule has 2 heterocycles. The van der Waals surface area contributed by atoms with E-state index in [9.17, 15) is 19.9 Å². The van der Waals surface area contributed by atoms with Crippen LogP contribution in [0.15, 0.2) is 24.3 Å². The van der Waals surface area contributed by atoms with Crippen LogP contribution in [0, 0.1) is 0 Å². The summed E-state index contributed by atoms with van der Waals surface area (Å²) in [5, 5.41) is 19.5. The van der Waals surface area contributed by atoms with Crippen molar-refractivity contribution in [1.82, 2.24) is 9.96 Å². The fraction of sp³-hybridized carbons (Fsp3) is 0.273. The first-order valence-electron chi connectivity index (χ1n) is 5.21. The predicted octanol–water partition coefficient (Wildman–Crippen LogP) is 0.994. The van der Waals surface area contributed by atoms with Crippen molar-refractivity contribution < 1.29 is 19.9 Å². The van der Waals surface area contributed by atoms with Gasteiger partial charge in [-0.25, -0.2) is 9.59 Å². The Bertz CT molecular complexity index is 516. The number of aliphatic carboxylic acids is 1. The molecule has 88 valence electrons. The Hall–Kier alpha value is -2.08. The van der Waals surface area contributed by atoms with E-state index in [0.717, 1.165) is 0 Å². The molecule has 1 saturated heterocycles. The first-order valence-corrected chi connectivity index (χ1v) is 5.21. The Morgan fingerprint density at radius 1 is 1.29 bits per heavy atom. The van der Waals surface area contributed by atoms with Gasteiger partial charge in [-0.1, -0.05) is 24.3 Å². The van der Waals surface area contributed by atoms with E-state index in [2.05, 4.69) is 0 Å². The van der Waals surface area contributed by atoms with Crippen molar-refractivity contribution in [2.75, 3.05) is 6.54 Å². The molecular weight excluding hydrogens is 224 g/mol. The van der Waals surface area contributed by atoms with E-state index in [1.165, 1.54) is 4.90 Å². The molecule has 2 amide bonds. The minimum atomic E-state index is -1.08. The van der Waals surface area contributed by atoms with Crippen molar-refractivity contribution in [2.24, 2.45) is 0 Å². The van der Waals surface area contributed by atoms with Crippen molar-refractivity contribution in [3.63, 3.8) is 0 Å². The molecule has 0 saturated carbocycles. The molecule has 2 aliphatic rings. The maximum atomic E-state index is 11.7. The molecule has 2 aliphatic heterocycles. The zero-order valence-corrected chi connectivity index (χ0v) is 8.78. The van der Waals surface area contributed by atoms with Gasteiger partial charge >= 0.3 is 12.0 Å². The van der Waals surface area contributed by atoms with E-state index in [-0.39, 0.29) is 6.54 Å². The first-order chi connectivity index (χ1) is 8.11. The Labute approximate surface area is 96.6 Å². The third-order valence-corrected chi connectivity index (χ3v) is 3.30. The van der Waals surface area contributed by atoms with Gasteiger partial charge in [0.25, 0.3) is 0 Å². The normalized spacial score (nSPS) is 26.1. The second-order valence-electron chi connectivity index (χ2n) is 4.16. The topological polar surface area (TPSA) is 81.1 Å². The number of hydrogen-bond acceptors (Lipinski definition) is 3. The molecule has 6 nitrogen and oxygen atoms in total. The highest BCUT2D eigenvalue weighted by Gasteiger charge is 2.49. The zero-order valence-electron chi connectivity index (χ0n) is 8.78. The molecule has 2 atom stereocenters. The van der Waals surface area contributed by atoms with E-state index in [4.69, 9.17) is 0 Å². The number of carbonyl (C=O) groups is 2. The van der Waals surface area contributed by atoms with Crippen LogP contribution in [0.25, 0.3) is 0 Å². The lowest BCUT2D eigenvalue weighted by atomic mass is 9.91. The van der Waals surface area contributed by atoms with Gasteiger partial charge in [0, 0.05) is 0 Å². The minimum Gasteiger partial charge on any atom is -0.479 e. The lowest BCUT2D eigenvalue weighted by molar-refractivity contribution is -0.142. The van der Waals surface area contributed by atoms with E-state index >= 15 is 0 Å². The van der Waals surface area contributed by atoms with E-state index in [0.29, 0.717) is 16.2 Å². The summed E-state index contributed by atoms with van der Waals surface area (Å²) < 4.78 is 0. The van der Waals surface area contributed by atoms with Gasteiger partial charge in [0.15, 0.2) is 6.04 Å².